The number of anilines is 1. The van der Waals surface area contributed by atoms with Gasteiger partial charge in [0.05, 0.1) is 38.4 Å². The zero-order valence-corrected chi connectivity index (χ0v) is 20.9. The van der Waals surface area contributed by atoms with Crippen LogP contribution in [0.4, 0.5) is 5.69 Å². The summed E-state index contributed by atoms with van der Waals surface area (Å²) in [5.74, 6) is -0.407. The number of rotatable bonds is 4. The maximum Gasteiger partial charge on any atom is 0.259 e. The van der Waals surface area contributed by atoms with Crippen LogP contribution in [0.3, 0.4) is 0 Å². The summed E-state index contributed by atoms with van der Waals surface area (Å²) in [6, 6.07) is 19.6. The third kappa shape index (κ3) is 5.04. The van der Waals surface area contributed by atoms with E-state index < -0.39 is 10.8 Å². The molecule has 1 unspecified atom stereocenters. The number of halogens is 1. The van der Waals surface area contributed by atoms with Crippen LogP contribution < -0.4 is 10.2 Å². The molecule has 0 bridgehead atoms. The van der Waals surface area contributed by atoms with Gasteiger partial charge in [-0.3, -0.25) is 9.59 Å². The van der Waals surface area contributed by atoms with E-state index in [1.807, 2.05) is 12.1 Å². The van der Waals surface area contributed by atoms with Crippen LogP contribution in [0.25, 0.3) is 0 Å². The molecule has 1 N–H and O–H groups in total. The number of amides is 2. The van der Waals surface area contributed by atoms with Crippen LogP contribution in [0, 0.1) is 0 Å². The van der Waals surface area contributed by atoms with Crippen LogP contribution in [0.1, 0.15) is 64.8 Å². The Hall–Kier alpha value is -2.96. The number of nitrogens with zero attached hydrogens (tertiary/aromatic N) is 1. The second-order valence-corrected chi connectivity index (χ2v) is 11.0. The Labute approximate surface area is 212 Å². The van der Waals surface area contributed by atoms with Crippen molar-refractivity contribution in [3.05, 3.63) is 88.4 Å². The highest BCUT2D eigenvalue weighted by atomic mass is 35.5. The Kier molecular flexibility index (Phi) is 7.02. The lowest BCUT2D eigenvalue weighted by atomic mass is 10.1. The largest absolute Gasteiger partial charge is 0.349 e. The van der Waals surface area contributed by atoms with E-state index in [4.69, 9.17) is 11.6 Å². The predicted molar refractivity (Wildman–Crippen MR) is 138 cm³/mol. The highest BCUT2D eigenvalue weighted by molar-refractivity contribution is 7.85. The number of fused-ring (bicyclic) bond motifs is 2. The third-order valence-electron chi connectivity index (χ3n) is 6.72. The van der Waals surface area contributed by atoms with Gasteiger partial charge in [0.15, 0.2) is 0 Å². The van der Waals surface area contributed by atoms with Gasteiger partial charge in [-0.1, -0.05) is 61.5 Å². The molecular weight excluding hydrogens is 480 g/mol. The molecule has 0 radical (unpaired) electrons. The molecule has 0 saturated heterocycles. The van der Waals surface area contributed by atoms with Crippen molar-refractivity contribution in [1.82, 2.24) is 5.32 Å². The van der Waals surface area contributed by atoms with Gasteiger partial charge in [-0.05, 0) is 60.9 Å². The summed E-state index contributed by atoms with van der Waals surface area (Å²) in [5.41, 5.74) is 2.24. The predicted octanol–water partition coefficient (Wildman–Crippen LogP) is 6.12. The van der Waals surface area contributed by atoms with Crippen molar-refractivity contribution in [3.63, 3.8) is 0 Å². The summed E-state index contributed by atoms with van der Waals surface area (Å²) in [6.07, 6.45) is 6.62. The zero-order valence-electron chi connectivity index (χ0n) is 19.3. The Balaban J connectivity index is 1.54. The highest BCUT2D eigenvalue weighted by Gasteiger charge is 2.31. The van der Waals surface area contributed by atoms with E-state index in [1.165, 1.54) is 12.8 Å². The minimum atomic E-state index is -1.56. The average Bonchev–Trinajstić information content (AvgIpc) is 3.19. The maximum atomic E-state index is 13.7. The van der Waals surface area contributed by atoms with Crippen molar-refractivity contribution in [2.75, 3.05) is 4.90 Å². The molecule has 0 aromatic heterocycles. The van der Waals surface area contributed by atoms with Crippen molar-refractivity contribution in [2.24, 2.45) is 0 Å². The van der Waals surface area contributed by atoms with E-state index in [0.717, 1.165) is 31.2 Å². The lowest BCUT2D eigenvalue weighted by Crippen LogP contribution is -2.35. The van der Waals surface area contributed by atoms with Crippen LogP contribution in [0.15, 0.2) is 76.5 Å². The fraction of sp³-hybridized carbons (Fsp3) is 0.286. The second kappa shape index (κ2) is 10.3. The molecule has 7 heteroatoms. The third-order valence-corrected chi connectivity index (χ3v) is 8.47. The topological polar surface area (TPSA) is 66.5 Å². The molecule has 1 aliphatic heterocycles. The molecule has 1 aliphatic carbocycles. The zero-order chi connectivity index (χ0) is 24.4. The minimum absolute atomic E-state index is 0.161. The second-order valence-electron chi connectivity index (χ2n) is 9.13. The van der Waals surface area contributed by atoms with Gasteiger partial charge >= 0.3 is 0 Å². The lowest BCUT2D eigenvalue weighted by Gasteiger charge is -2.24. The fourth-order valence-corrected chi connectivity index (χ4v) is 6.30. The molecule has 5 rings (SSSR count). The summed E-state index contributed by atoms with van der Waals surface area (Å²) in [7, 11) is -1.56. The Morgan fingerprint density at radius 1 is 0.943 bits per heavy atom. The van der Waals surface area contributed by atoms with Crippen molar-refractivity contribution in [3.8, 4) is 0 Å². The number of carbonyl (C=O) groups excluding carboxylic acids is 2. The van der Waals surface area contributed by atoms with E-state index in [1.54, 1.807) is 59.5 Å². The van der Waals surface area contributed by atoms with Crippen LogP contribution in [0.5, 0.6) is 0 Å². The summed E-state index contributed by atoms with van der Waals surface area (Å²) in [4.78, 5) is 29.5. The van der Waals surface area contributed by atoms with E-state index in [0.29, 0.717) is 31.6 Å². The number of nitrogens with one attached hydrogen (secondary N) is 1. The number of benzene rings is 3. The maximum absolute atomic E-state index is 13.7. The standard InChI is InChI=1S/C28H27ClN2O3S/c29-21-14-11-19(12-15-21)18-31-24-17-20(27(32)30-22-7-3-1-2-4-8-22)13-16-26(24)35(34)25-10-6-5-9-23(25)28(31)33/h5-6,9-17,22H,1-4,7-8,18H2,(H,30,32). The van der Waals surface area contributed by atoms with Crippen molar-refractivity contribution in [2.45, 2.75) is 60.9 Å². The summed E-state index contributed by atoms with van der Waals surface area (Å²) in [5, 5.41) is 3.79. The Morgan fingerprint density at radius 3 is 2.40 bits per heavy atom. The normalized spacial score (nSPS) is 18.3. The monoisotopic (exact) mass is 506 g/mol. The first-order valence-electron chi connectivity index (χ1n) is 12.0. The molecule has 5 nitrogen and oxygen atoms in total. The van der Waals surface area contributed by atoms with E-state index in [2.05, 4.69) is 5.32 Å². The highest BCUT2D eigenvalue weighted by Crippen LogP contribution is 2.36. The minimum Gasteiger partial charge on any atom is -0.349 e. The Morgan fingerprint density at radius 2 is 1.66 bits per heavy atom. The van der Waals surface area contributed by atoms with Gasteiger partial charge in [-0.15, -0.1) is 0 Å². The molecule has 1 heterocycles. The van der Waals surface area contributed by atoms with Crippen molar-refractivity contribution < 1.29 is 13.8 Å². The fourth-order valence-electron chi connectivity index (χ4n) is 4.83. The molecular formula is C28H27ClN2O3S. The van der Waals surface area contributed by atoms with E-state index in [-0.39, 0.29) is 24.4 Å². The molecule has 1 fully saturated rings. The molecule has 3 aromatic rings. The molecule has 180 valence electrons. The van der Waals surface area contributed by atoms with Crippen molar-refractivity contribution in [1.29, 1.82) is 0 Å². The molecule has 2 aliphatic rings. The molecule has 2 amide bonds. The first-order valence-corrected chi connectivity index (χ1v) is 13.6. The molecule has 1 saturated carbocycles. The summed E-state index contributed by atoms with van der Waals surface area (Å²) < 4.78 is 13.6. The molecule has 3 aromatic carbocycles. The Bertz CT molecular complexity index is 1280. The van der Waals surface area contributed by atoms with Crippen LogP contribution >= 0.6 is 11.6 Å². The smallest absolute Gasteiger partial charge is 0.259 e. The van der Waals surface area contributed by atoms with Gasteiger partial charge in [0.2, 0.25) is 0 Å². The molecule has 35 heavy (non-hydrogen) atoms. The quantitative estimate of drug-likeness (QED) is 0.433. The van der Waals surface area contributed by atoms with Gasteiger partial charge in [-0.2, -0.15) is 0 Å². The van der Waals surface area contributed by atoms with Crippen molar-refractivity contribution >= 4 is 39.9 Å². The average molecular weight is 507 g/mol. The SMILES string of the molecule is O=C(NC1CCCCCC1)c1ccc2c(c1)N(Cc1ccc(Cl)cc1)C(=O)c1ccccc1S2=O. The number of carbonyl (C=O) groups is 2. The van der Waals surface area contributed by atoms with Crippen LogP contribution in [-0.4, -0.2) is 22.1 Å². The number of hydrogen-bond donors (Lipinski definition) is 1. The summed E-state index contributed by atoms with van der Waals surface area (Å²) in [6.45, 7) is 0.266. The molecule has 0 spiro atoms. The van der Waals surface area contributed by atoms with Gasteiger partial charge in [0.1, 0.15) is 0 Å². The van der Waals surface area contributed by atoms with Gasteiger partial charge < -0.3 is 10.2 Å². The lowest BCUT2D eigenvalue weighted by molar-refractivity contribution is 0.0931. The van der Waals surface area contributed by atoms with Gasteiger partial charge in [-0.25, -0.2) is 4.21 Å². The van der Waals surface area contributed by atoms with E-state index >= 15 is 0 Å². The van der Waals surface area contributed by atoms with Crippen LogP contribution in [-0.2, 0) is 17.3 Å². The van der Waals surface area contributed by atoms with Crippen LogP contribution in [0.2, 0.25) is 5.02 Å². The van der Waals surface area contributed by atoms with Gasteiger partial charge in [0, 0.05) is 16.6 Å². The summed E-state index contributed by atoms with van der Waals surface area (Å²) >= 11 is 6.06. The first-order chi connectivity index (χ1) is 17.0. The molecule has 1 atom stereocenters. The first kappa shape index (κ1) is 23.8. The van der Waals surface area contributed by atoms with E-state index in [9.17, 15) is 13.8 Å². The number of hydrogen-bond acceptors (Lipinski definition) is 3. The van der Waals surface area contributed by atoms with Gasteiger partial charge in [0.25, 0.3) is 11.8 Å².